The molecule has 136 valence electrons. The second-order valence-electron chi connectivity index (χ2n) is 6.09. The average molecular weight is 371 g/mol. The first-order valence-corrected chi connectivity index (χ1v) is 9.26. The molecule has 0 aliphatic carbocycles. The van der Waals surface area contributed by atoms with Crippen molar-refractivity contribution in [2.24, 2.45) is 5.92 Å². The van der Waals surface area contributed by atoms with Gasteiger partial charge >= 0.3 is 6.01 Å². The SMILES string of the molecule is COc1ncc(C#CC2CCN(Cc3cnc(NC(C)=O)s3)CC2)cn1. The Morgan fingerprint density at radius 1 is 1.31 bits per heavy atom. The number of ether oxygens (including phenoxy) is 1. The number of hydrogen-bond donors (Lipinski definition) is 1. The van der Waals surface area contributed by atoms with Crippen LogP contribution in [0.3, 0.4) is 0 Å². The topological polar surface area (TPSA) is 80.2 Å². The van der Waals surface area contributed by atoms with Crippen LogP contribution in [0.1, 0.15) is 30.2 Å². The normalized spacial score (nSPS) is 15.2. The van der Waals surface area contributed by atoms with Crippen LogP contribution < -0.4 is 10.1 Å². The summed E-state index contributed by atoms with van der Waals surface area (Å²) in [5.74, 6) is 6.79. The van der Waals surface area contributed by atoms with Crippen LogP contribution in [-0.2, 0) is 11.3 Å². The maximum atomic E-state index is 11.1. The van der Waals surface area contributed by atoms with E-state index in [2.05, 4.69) is 37.0 Å². The van der Waals surface area contributed by atoms with E-state index in [0.717, 1.165) is 42.9 Å². The number of thiazole rings is 1. The Balaban J connectivity index is 1.47. The molecule has 8 heteroatoms. The van der Waals surface area contributed by atoms with Gasteiger partial charge in [-0.2, -0.15) is 0 Å². The van der Waals surface area contributed by atoms with Gasteiger partial charge in [0.25, 0.3) is 0 Å². The number of carbonyl (C=O) groups excluding carboxylic acids is 1. The van der Waals surface area contributed by atoms with Crippen LogP contribution >= 0.6 is 11.3 Å². The summed E-state index contributed by atoms with van der Waals surface area (Å²) in [6.45, 7) is 4.37. The van der Waals surface area contributed by atoms with Crippen molar-refractivity contribution in [2.75, 3.05) is 25.5 Å². The van der Waals surface area contributed by atoms with Gasteiger partial charge in [-0.05, 0) is 25.9 Å². The van der Waals surface area contributed by atoms with Gasteiger partial charge in [0.2, 0.25) is 5.91 Å². The highest BCUT2D eigenvalue weighted by molar-refractivity contribution is 7.15. The van der Waals surface area contributed by atoms with E-state index in [0.29, 0.717) is 17.1 Å². The number of amides is 1. The van der Waals surface area contributed by atoms with E-state index >= 15 is 0 Å². The predicted molar refractivity (Wildman–Crippen MR) is 99.9 cm³/mol. The Morgan fingerprint density at radius 2 is 2.04 bits per heavy atom. The van der Waals surface area contributed by atoms with Gasteiger partial charge in [-0.15, -0.1) is 11.3 Å². The molecule has 7 nitrogen and oxygen atoms in total. The summed E-state index contributed by atoms with van der Waals surface area (Å²) in [5.41, 5.74) is 0.809. The van der Waals surface area contributed by atoms with E-state index in [1.807, 2.05) is 6.20 Å². The third-order valence-electron chi connectivity index (χ3n) is 4.03. The lowest BCUT2D eigenvalue weighted by molar-refractivity contribution is -0.114. The van der Waals surface area contributed by atoms with Crippen LogP contribution in [0, 0.1) is 17.8 Å². The first-order valence-electron chi connectivity index (χ1n) is 8.44. The van der Waals surface area contributed by atoms with E-state index in [1.54, 1.807) is 19.5 Å². The van der Waals surface area contributed by atoms with Crippen molar-refractivity contribution >= 4 is 22.4 Å². The summed E-state index contributed by atoms with van der Waals surface area (Å²) in [6, 6.07) is 0.355. The molecule has 1 fully saturated rings. The zero-order valence-electron chi connectivity index (χ0n) is 14.9. The van der Waals surface area contributed by atoms with Crippen molar-refractivity contribution in [2.45, 2.75) is 26.3 Å². The van der Waals surface area contributed by atoms with Crippen LogP contribution in [-0.4, -0.2) is 46.0 Å². The minimum Gasteiger partial charge on any atom is -0.467 e. The number of nitrogens with zero attached hydrogens (tertiary/aromatic N) is 4. The molecule has 0 unspecified atom stereocenters. The van der Waals surface area contributed by atoms with Gasteiger partial charge < -0.3 is 10.1 Å². The van der Waals surface area contributed by atoms with Crippen LogP contribution in [0.2, 0.25) is 0 Å². The highest BCUT2D eigenvalue weighted by Gasteiger charge is 2.18. The highest BCUT2D eigenvalue weighted by Crippen LogP contribution is 2.23. The van der Waals surface area contributed by atoms with Crippen LogP contribution in [0.15, 0.2) is 18.6 Å². The number of aromatic nitrogens is 3. The molecule has 0 bridgehead atoms. The lowest BCUT2D eigenvalue weighted by Gasteiger charge is -2.29. The molecule has 0 atom stereocenters. The monoisotopic (exact) mass is 371 g/mol. The zero-order valence-corrected chi connectivity index (χ0v) is 15.7. The smallest absolute Gasteiger partial charge is 0.316 e. The summed E-state index contributed by atoms with van der Waals surface area (Å²) in [7, 11) is 1.54. The molecule has 1 saturated heterocycles. The minimum atomic E-state index is -0.0902. The van der Waals surface area contributed by atoms with Gasteiger partial charge in [0.15, 0.2) is 5.13 Å². The fourth-order valence-electron chi connectivity index (χ4n) is 2.72. The van der Waals surface area contributed by atoms with Gasteiger partial charge in [0.1, 0.15) is 0 Å². The van der Waals surface area contributed by atoms with E-state index in [-0.39, 0.29) is 5.91 Å². The van der Waals surface area contributed by atoms with Crippen LogP contribution in [0.25, 0.3) is 0 Å². The number of anilines is 1. The summed E-state index contributed by atoms with van der Waals surface area (Å²) in [6.07, 6.45) is 7.29. The molecule has 3 heterocycles. The maximum absolute atomic E-state index is 11.1. The first-order chi connectivity index (χ1) is 12.6. The molecular formula is C18H21N5O2S. The van der Waals surface area contributed by atoms with Gasteiger partial charge in [0.05, 0.1) is 12.7 Å². The predicted octanol–water partition coefficient (Wildman–Crippen LogP) is 2.16. The molecule has 0 saturated carbocycles. The number of methoxy groups -OCH3 is 1. The standard InChI is InChI=1S/C18H21N5O2S/c1-13(24)22-18-21-11-16(26-18)12-23-7-5-14(6-8-23)3-4-15-9-19-17(25-2)20-10-15/h9-11,14H,5-8,12H2,1-2H3,(H,21,22,24). The Kier molecular flexibility index (Phi) is 6.15. The molecule has 1 N–H and O–H groups in total. The summed E-state index contributed by atoms with van der Waals surface area (Å²) >= 11 is 1.53. The van der Waals surface area contributed by atoms with Gasteiger partial charge in [-0.25, -0.2) is 15.0 Å². The molecule has 3 rings (SSSR count). The van der Waals surface area contributed by atoms with Crippen molar-refractivity contribution in [3.8, 4) is 17.9 Å². The summed E-state index contributed by atoms with van der Waals surface area (Å²) in [4.78, 5) is 27.0. The van der Waals surface area contributed by atoms with Crippen LogP contribution in [0.5, 0.6) is 6.01 Å². The quantitative estimate of drug-likeness (QED) is 0.830. The van der Waals surface area contributed by atoms with E-state index in [4.69, 9.17) is 4.74 Å². The average Bonchev–Trinajstić information content (AvgIpc) is 3.07. The van der Waals surface area contributed by atoms with Crippen molar-refractivity contribution < 1.29 is 9.53 Å². The van der Waals surface area contributed by atoms with Gasteiger partial charge in [0, 0.05) is 42.9 Å². The number of hydrogen-bond acceptors (Lipinski definition) is 7. The maximum Gasteiger partial charge on any atom is 0.316 e. The Labute approximate surface area is 156 Å². The minimum absolute atomic E-state index is 0.0902. The molecule has 2 aromatic rings. The summed E-state index contributed by atoms with van der Waals surface area (Å²) in [5, 5.41) is 3.38. The zero-order chi connectivity index (χ0) is 18.4. The van der Waals surface area contributed by atoms with Crippen molar-refractivity contribution in [3.63, 3.8) is 0 Å². The molecule has 0 aromatic carbocycles. The molecule has 1 aliphatic rings. The third-order valence-corrected chi connectivity index (χ3v) is 4.93. The Bertz CT molecular complexity index is 801. The number of rotatable bonds is 4. The van der Waals surface area contributed by atoms with Gasteiger partial charge in [-0.3, -0.25) is 9.69 Å². The third kappa shape index (κ3) is 5.25. The molecule has 26 heavy (non-hydrogen) atoms. The first kappa shape index (κ1) is 18.3. The van der Waals surface area contributed by atoms with E-state index < -0.39 is 0 Å². The number of carbonyl (C=O) groups is 1. The number of piperidine rings is 1. The fraction of sp³-hybridized carbons (Fsp3) is 0.444. The number of nitrogens with one attached hydrogen (secondary N) is 1. The van der Waals surface area contributed by atoms with Crippen molar-refractivity contribution in [1.29, 1.82) is 0 Å². The molecule has 0 radical (unpaired) electrons. The van der Waals surface area contributed by atoms with E-state index in [9.17, 15) is 4.79 Å². The van der Waals surface area contributed by atoms with E-state index in [1.165, 1.54) is 18.3 Å². The lowest BCUT2D eigenvalue weighted by atomic mass is 9.97. The Hall–Kier alpha value is -2.50. The highest BCUT2D eigenvalue weighted by atomic mass is 32.1. The molecule has 1 aliphatic heterocycles. The summed E-state index contributed by atoms with van der Waals surface area (Å²) < 4.78 is 4.94. The fourth-order valence-corrected chi connectivity index (χ4v) is 3.62. The molecule has 2 aromatic heterocycles. The second kappa shape index (κ2) is 8.74. The second-order valence-corrected chi connectivity index (χ2v) is 7.21. The largest absolute Gasteiger partial charge is 0.467 e. The van der Waals surface area contributed by atoms with Gasteiger partial charge in [-0.1, -0.05) is 11.8 Å². The van der Waals surface area contributed by atoms with Crippen molar-refractivity contribution in [1.82, 2.24) is 19.9 Å². The molecule has 1 amide bonds. The Morgan fingerprint density at radius 3 is 2.69 bits per heavy atom. The molecule has 0 spiro atoms. The van der Waals surface area contributed by atoms with Crippen molar-refractivity contribution in [3.05, 3.63) is 29.0 Å². The lowest BCUT2D eigenvalue weighted by Crippen LogP contribution is -2.32. The molecular weight excluding hydrogens is 350 g/mol. The number of likely N-dealkylation sites (tertiary alicyclic amines) is 1. The van der Waals surface area contributed by atoms with Crippen LogP contribution in [0.4, 0.5) is 5.13 Å².